The molecule has 2 aliphatic heterocycles. The van der Waals surface area contributed by atoms with E-state index in [1.165, 1.54) is 6.42 Å². The lowest BCUT2D eigenvalue weighted by atomic mass is 10.2. The monoisotopic (exact) mass is 397 g/mol. The summed E-state index contributed by atoms with van der Waals surface area (Å²) in [5.74, 6) is 2.61. The summed E-state index contributed by atoms with van der Waals surface area (Å²) in [4.78, 5) is 11.5. The first kappa shape index (κ1) is 17.4. The average Bonchev–Trinajstić information content (AvgIpc) is 3.49. The number of para-hydroxylation sites is 1. The quantitative estimate of drug-likeness (QED) is 0.550. The Hall–Kier alpha value is -3.45. The van der Waals surface area contributed by atoms with E-state index in [0.29, 0.717) is 12.1 Å². The molecule has 0 aliphatic carbocycles. The lowest BCUT2D eigenvalue weighted by Gasteiger charge is -2.28. The number of pyridine rings is 2. The zero-order chi connectivity index (χ0) is 20.1. The zero-order valence-electron chi connectivity index (χ0n) is 16.8. The van der Waals surface area contributed by atoms with Crippen molar-refractivity contribution < 1.29 is 0 Å². The van der Waals surface area contributed by atoms with Crippen molar-refractivity contribution >= 4 is 28.4 Å². The predicted octanol–water partition coefficient (Wildman–Crippen LogP) is 3.42. The van der Waals surface area contributed by atoms with Crippen molar-refractivity contribution in [2.45, 2.75) is 25.4 Å². The number of rotatable bonds is 4. The average molecular weight is 397 g/mol. The number of nitrogens with zero attached hydrogens (tertiary/aromatic N) is 5. The summed E-state index contributed by atoms with van der Waals surface area (Å²) in [5, 5.41) is 12.9. The van der Waals surface area contributed by atoms with E-state index in [2.05, 4.69) is 50.6 Å². The van der Waals surface area contributed by atoms with E-state index >= 15 is 0 Å². The Morgan fingerprint density at radius 1 is 1.07 bits per heavy atom. The molecule has 5 heterocycles. The number of benzene rings is 1. The number of hydrogen-bond acceptors (Lipinski definition) is 6. The van der Waals surface area contributed by atoms with Crippen molar-refractivity contribution in [1.29, 1.82) is 0 Å². The van der Waals surface area contributed by atoms with Crippen LogP contribution in [0.1, 0.15) is 12.0 Å². The van der Waals surface area contributed by atoms with E-state index < -0.39 is 0 Å². The molecule has 4 aromatic rings. The smallest absolute Gasteiger partial charge is 0.161 e. The Balaban J connectivity index is 1.40. The largest absolute Gasteiger partial charge is 0.351 e. The highest BCUT2D eigenvalue weighted by Crippen LogP contribution is 2.31. The number of aromatic nitrogens is 4. The van der Waals surface area contributed by atoms with Crippen molar-refractivity contribution in [3.8, 4) is 5.69 Å². The second kappa shape index (κ2) is 6.81. The SMILES string of the molecule is Cc1ccnc(Nc2nn(-c3ccnc(N4C[C@@H]5C[C@H]4CN5)c3)c3ccccc23)c1. The highest BCUT2D eigenvalue weighted by Gasteiger charge is 2.38. The van der Waals surface area contributed by atoms with Gasteiger partial charge in [0.15, 0.2) is 5.82 Å². The van der Waals surface area contributed by atoms with Crippen molar-refractivity contribution in [2.75, 3.05) is 23.3 Å². The van der Waals surface area contributed by atoms with E-state index in [9.17, 15) is 0 Å². The summed E-state index contributed by atoms with van der Waals surface area (Å²) in [7, 11) is 0. The topological polar surface area (TPSA) is 70.9 Å². The highest BCUT2D eigenvalue weighted by molar-refractivity contribution is 5.92. The molecule has 0 spiro atoms. The van der Waals surface area contributed by atoms with Gasteiger partial charge in [-0.05, 0) is 49.2 Å². The first-order valence-corrected chi connectivity index (χ1v) is 10.4. The molecule has 2 saturated heterocycles. The van der Waals surface area contributed by atoms with Crippen LogP contribution in [0.2, 0.25) is 0 Å². The summed E-state index contributed by atoms with van der Waals surface area (Å²) in [6, 6.07) is 17.6. The molecule has 30 heavy (non-hydrogen) atoms. The fourth-order valence-electron chi connectivity index (χ4n) is 4.62. The first-order chi connectivity index (χ1) is 14.7. The third-order valence-corrected chi connectivity index (χ3v) is 6.07. The molecule has 150 valence electrons. The van der Waals surface area contributed by atoms with Crippen molar-refractivity contribution in [2.24, 2.45) is 0 Å². The fraction of sp³-hybridized carbons (Fsp3) is 0.261. The third-order valence-electron chi connectivity index (χ3n) is 6.07. The van der Waals surface area contributed by atoms with Crippen LogP contribution in [0.25, 0.3) is 16.6 Å². The van der Waals surface area contributed by atoms with E-state index in [-0.39, 0.29) is 0 Å². The van der Waals surface area contributed by atoms with Crippen molar-refractivity contribution in [3.63, 3.8) is 0 Å². The molecule has 0 saturated carbocycles. The van der Waals surface area contributed by atoms with Crippen LogP contribution in [0.4, 0.5) is 17.5 Å². The maximum Gasteiger partial charge on any atom is 0.161 e. The summed E-state index contributed by atoms with van der Waals surface area (Å²) in [6.45, 7) is 4.12. The van der Waals surface area contributed by atoms with Crippen LogP contribution in [-0.2, 0) is 0 Å². The summed E-state index contributed by atoms with van der Waals surface area (Å²) in [5.41, 5.74) is 3.22. The Morgan fingerprint density at radius 3 is 2.80 bits per heavy atom. The van der Waals surface area contributed by atoms with E-state index in [1.807, 2.05) is 47.4 Å². The minimum atomic E-state index is 0.539. The molecule has 0 radical (unpaired) electrons. The summed E-state index contributed by atoms with van der Waals surface area (Å²) in [6.07, 6.45) is 4.90. The molecule has 0 unspecified atom stereocenters. The van der Waals surface area contributed by atoms with Gasteiger partial charge in [0.1, 0.15) is 11.6 Å². The molecule has 2 bridgehead atoms. The van der Waals surface area contributed by atoms with Gasteiger partial charge >= 0.3 is 0 Å². The van der Waals surface area contributed by atoms with Gasteiger partial charge in [-0.1, -0.05) is 12.1 Å². The van der Waals surface area contributed by atoms with Gasteiger partial charge in [-0.15, -0.1) is 5.10 Å². The van der Waals surface area contributed by atoms with E-state index in [0.717, 1.165) is 52.7 Å². The summed E-state index contributed by atoms with van der Waals surface area (Å²) < 4.78 is 1.99. The van der Waals surface area contributed by atoms with Gasteiger partial charge in [0.25, 0.3) is 0 Å². The molecule has 7 heteroatoms. The molecular weight excluding hydrogens is 374 g/mol. The Morgan fingerprint density at radius 2 is 1.97 bits per heavy atom. The van der Waals surface area contributed by atoms with Gasteiger partial charge in [0, 0.05) is 49.0 Å². The molecule has 2 atom stereocenters. The van der Waals surface area contributed by atoms with Gasteiger partial charge in [-0.25, -0.2) is 14.6 Å². The van der Waals surface area contributed by atoms with Crippen LogP contribution < -0.4 is 15.5 Å². The van der Waals surface area contributed by atoms with Crippen LogP contribution >= 0.6 is 0 Å². The van der Waals surface area contributed by atoms with Gasteiger partial charge < -0.3 is 15.5 Å². The summed E-state index contributed by atoms with van der Waals surface area (Å²) >= 11 is 0. The molecule has 2 aliphatic rings. The highest BCUT2D eigenvalue weighted by atomic mass is 15.3. The predicted molar refractivity (Wildman–Crippen MR) is 119 cm³/mol. The maximum atomic E-state index is 4.91. The number of piperazine rings is 1. The molecule has 1 aromatic carbocycles. The maximum absolute atomic E-state index is 4.91. The molecule has 0 amide bonds. The Bertz CT molecular complexity index is 1230. The van der Waals surface area contributed by atoms with Crippen molar-refractivity contribution in [3.05, 3.63) is 66.5 Å². The number of fused-ring (bicyclic) bond motifs is 3. The van der Waals surface area contributed by atoms with Crippen LogP contribution in [0.5, 0.6) is 0 Å². The van der Waals surface area contributed by atoms with Gasteiger partial charge in [0.2, 0.25) is 0 Å². The van der Waals surface area contributed by atoms with Gasteiger partial charge in [-0.2, -0.15) is 0 Å². The first-order valence-electron chi connectivity index (χ1n) is 10.4. The Kier molecular flexibility index (Phi) is 3.95. The van der Waals surface area contributed by atoms with Crippen molar-refractivity contribution in [1.82, 2.24) is 25.1 Å². The van der Waals surface area contributed by atoms with Crippen LogP contribution in [0.15, 0.2) is 60.9 Å². The zero-order valence-corrected chi connectivity index (χ0v) is 16.8. The van der Waals surface area contributed by atoms with E-state index in [1.54, 1.807) is 0 Å². The standard InChI is InChI=1S/C23H23N7/c1-15-6-8-24-21(10-15)27-23-19-4-2-3-5-20(19)30(28-23)17-7-9-25-22(12-17)29-14-16-11-18(29)13-26-16/h2-10,12,16,18,26H,11,13-14H2,1H3,(H,24,27,28)/t16-,18-/m0/s1. The third kappa shape index (κ3) is 2.90. The number of aryl methyl sites for hydroxylation is 1. The van der Waals surface area contributed by atoms with Crippen LogP contribution in [0.3, 0.4) is 0 Å². The minimum absolute atomic E-state index is 0.539. The fourth-order valence-corrected chi connectivity index (χ4v) is 4.62. The molecule has 3 aromatic heterocycles. The lowest BCUT2D eigenvalue weighted by Crippen LogP contribution is -2.44. The van der Waals surface area contributed by atoms with E-state index in [4.69, 9.17) is 5.10 Å². The second-order valence-corrected chi connectivity index (χ2v) is 8.14. The molecule has 2 N–H and O–H groups in total. The molecule has 6 rings (SSSR count). The Labute approximate surface area is 174 Å². The number of nitrogens with one attached hydrogen (secondary N) is 2. The lowest BCUT2D eigenvalue weighted by molar-refractivity contribution is 0.576. The number of anilines is 3. The molecular formula is C23H23N7. The van der Waals surface area contributed by atoms with Gasteiger partial charge in [-0.3, -0.25) is 0 Å². The number of hydrogen-bond donors (Lipinski definition) is 2. The van der Waals surface area contributed by atoms with Gasteiger partial charge in [0.05, 0.1) is 11.2 Å². The van der Waals surface area contributed by atoms with Crippen LogP contribution in [0, 0.1) is 6.92 Å². The second-order valence-electron chi connectivity index (χ2n) is 8.14. The normalized spacial score (nSPS) is 20.2. The molecule has 2 fully saturated rings. The molecule has 7 nitrogen and oxygen atoms in total. The van der Waals surface area contributed by atoms with Crippen LogP contribution in [-0.4, -0.2) is 44.9 Å². The minimum Gasteiger partial charge on any atom is -0.351 e.